The molecule has 0 spiro atoms. The number of fused-ring (bicyclic) bond motifs is 1. The summed E-state index contributed by atoms with van der Waals surface area (Å²) in [5, 5.41) is 0.317. The van der Waals surface area contributed by atoms with Crippen molar-refractivity contribution in [1.29, 1.82) is 0 Å². The topological polar surface area (TPSA) is 99.6 Å². The number of benzene rings is 2. The summed E-state index contributed by atoms with van der Waals surface area (Å²) in [5.74, 6) is 0.861. The summed E-state index contributed by atoms with van der Waals surface area (Å²) in [5.41, 5.74) is -0.363. The number of amides is 1. The number of oxazole rings is 1. The van der Waals surface area contributed by atoms with E-state index in [1.807, 2.05) is 24.3 Å². The zero-order chi connectivity index (χ0) is 26.2. The van der Waals surface area contributed by atoms with Crippen LogP contribution in [0.4, 0.5) is 0 Å². The van der Waals surface area contributed by atoms with Crippen molar-refractivity contribution in [1.82, 2.24) is 19.0 Å². The van der Waals surface area contributed by atoms with Crippen LogP contribution in [0.2, 0.25) is 0 Å². The molecule has 1 amide bonds. The number of nitrogens with zero attached hydrogens (tertiary/aromatic N) is 4. The number of hydrogen-bond acceptors (Lipinski definition) is 6. The maximum absolute atomic E-state index is 14.0. The molecular weight excluding hydrogens is 472 g/mol. The minimum atomic E-state index is -1.36. The fraction of sp³-hybridized carbons (Fsp3) is 0.357. The number of likely N-dealkylation sites (tertiary alicyclic amines) is 1. The predicted octanol–water partition coefficient (Wildman–Crippen LogP) is 3.43. The second-order valence-electron chi connectivity index (χ2n) is 9.76. The lowest BCUT2D eigenvalue weighted by molar-refractivity contribution is -0.138. The minimum absolute atomic E-state index is 0.233. The number of methoxy groups -OCH3 is 1. The first kappa shape index (κ1) is 24.5. The van der Waals surface area contributed by atoms with Crippen LogP contribution in [0, 0.1) is 0 Å². The third kappa shape index (κ3) is 4.34. The smallest absolute Gasteiger partial charge is 0.332 e. The fourth-order valence-electron chi connectivity index (χ4n) is 5.13. The molecule has 0 aliphatic carbocycles. The number of ether oxygens (including phenoxy) is 1. The van der Waals surface area contributed by atoms with Crippen molar-refractivity contribution < 1.29 is 13.9 Å². The van der Waals surface area contributed by atoms with E-state index in [1.165, 1.54) is 12.5 Å². The van der Waals surface area contributed by atoms with Crippen molar-refractivity contribution in [3.63, 3.8) is 0 Å². The largest absolute Gasteiger partial charge is 0.496 e. The second kappa shape index (κ2) is 9.72. The highest BCUT2D eigenvalue weighted by molar-refractivity contribution is 5.86. The lowest BCUT2D eigenvalue weighted by Gasteiger charge is -2.31. The van der Waals surface area contributed by atoms with Crippen LogP contribution in [-0.4, -0.2) is 45.1 Å². The highest BCUT2D eigenvalue weighted by atomic mass is 16.5. The highest BCUT2D eigenvalue weighted by Gasteiger charge is 2.38. The van der Waals surface area contributed by atoms with Gasteiger partial charge in [0.25, 0.3) is 5.56 Å². The molecule has 3 heterocycles. The number of aromatic nitrogens is 3. The highest BCUT2D eigenvalue weighted by Crippen LogP contribution is 2.25. The van der Waals surface area contributed by atoms with Gasteiger partial charge in [-0.15, -0.1) is 0 Å². The van der Waals surface area contributed by atoms with Gasteiger partial charge in [0.15, 0.2) is 0 Å². The summed E-state index contributed by atoms with van der Waals surface area (Å²) in [6.45, 7) is 4.83. The van der Waals surface area contributed by atoms with Crippen LogP contribution >= 0.6 is 0 Å². The van der Waals surface area contributed by atoms with E-state index in [0.29, 0.717) is 48.4 Å². The van der Waals surface area contributed by atoms with Gasteiger partial charge in [-0.1, -0.05) is 18.2 Å². The van der Waals surface area contributed by atoms with E-state index in [0.717, 1.165) is 28.7 Å². The van der Waals surface area contributed by atoms with Crippen LogP contribution in [0.5, 0.6) is 5.75 Å². The number of rotatable bonds is 7. The molecule has 9 heteroatoms. The molecule has 37 heavy (non-hydrogen) atoms. The van der Waals surface area contributed by atoms with Crippen molar-refractivity contribution in [3.05, 3.63) is 81.3 Å². The molecule has 0 bridgehead atoms. The molecule has 2 aromatic heterocycles. The molecule has 1 aliphatic rings. The monoisotopic (exact) mass is 502 g/mol. The van der Waals surface area contributed by atoms with Crippen molar-refractivity contribution in [2.24, 2.45) is 0 Å². The Labute approximate surface area is 213 Å². The number of aryl methyl sites for hydroxylation is 2. The molecule has 4 aromatic rings. The molecule has 1 aliphatic heterocycles. The van der Waals surface area contributed by atoms with Gasteiger partial charge in [-0.25, -0.2) is 14.3 Å². The van der Waals surface area contributed by atoms with Gasteiger partial charge in [-0.2, -0.15) is 0 Å². The molecule has 5 rings (SSSR count). The Morgan fingerprint density at radius 1 is 1.11 bits per heavy atom. The summed E-state index contributed by atoms with van der Waals surface area (Å²) >= 11 is 0. The summed E-state index contributed by atoms with van der Waals surface area (Å²) in [6, 6.07) is 12.8. The molecule has 9 nitrogen and oxygen atoms in total. The summed E-state index contributed by atoms with van der Waals surface area (Å²) in [6.07, 6.45) is 5.32. The molecule has 0 atom stereocenters. The van der Waals surface area contributed by atoms with Gasteiger partial charge in [-0.3, -0.25) is 14.2 Å². The number of carbonyl (C=O) groups is 1. The number of hydrogen-bond donors (Lipinski definition) is 0. The van der Waals surface area contributed by atoms with Gasteiger partial charge in [0.05, 0.1) is 24.2 Å². The van der Waals surface area contributed by atoms with Gasteiger partial charge in [-0.05, 0) is 62.9 Å². The van der Waals surface area contributed by atoms with E-state index >= 15 is 0 Å². The third-order valence-corrected chi connectivity index (χ3v) is 7.10. The Morgan fingerprint density at radius 3 is 2.57 bits per heavy atom. The third-order valence-electron chi connectivity index (χ3n) is 7.10. The summed E-state index contributed by atoms with van der Waals surface area (Å²) in [7, 11) is 1.61. The average Bonchev–Trinajstić information content (AvgIpc) is 3.63. The van der Waals surface area contributed by atoms with Crippen molar-refractivity contribution in [2.75, 3.05) is 20.2 Å². The maximum atomic E-state index is 14.0. The van der Waals surface area contributed by atoms with Crippen LogP contribution in [0.25, 0.3) is 22.4 Å². The van der Waals surface area contributed by atoms with Gasteiger partial charge in [0.1, 0.15) is 17.6 Å². The zero-order valence-corrected chi connectivity index (χ0v) is 21.3. The zero-order valence-electron chi connectivity index (χ0n) is 21.3. The number of carbonyl (C=O) groups excluding carboxylic acids is 1. The van der Waals surface area contributed by atoms with Crippen molar-refractivity contribution >= 4 is 16.8 Å². The van der Waals surface area contributed by atoms with Gasteiger partial charge in [0, 0.05) is 25.2 Å². The molecule has 0 unspecified atom stereocenters. The van der Waals surface area contributed by atoms with E-state index in [2.05, 4.69) is 4.98 Å². The van der Waals surface area contributed by atoms with Crippen molar-refractivity contribution in [3.8, 4) is 17.2 Å². The molecule has 1 saturated heterocycles. The molecule has 1 fully saturated rings. The fourth-order valence-corrected chi connectivity index (χ4v) is 5.13. The Balaban J connectivity index is 1.69. The lowest BCUT2D eigenvalue weighted by atomic mass is 10.0. The van der Waals surface area contributed by atoms with E-state index < -0.39 is 16.8 Å². The SMILES string of the molecule is COc1ccccc1CCn1c(=O)n(C(C)(C)C(=O)N2CCCC2)c(=O)c2cc(-c3ncco3)ccc21. The van der Waals surface area contributed by atoms with E-state index in [9.17, 15) is 14.4 Å². The Bertz CT molecular complexity index is 1560. The molecule has 0 radical (unpaired) electrons. The maximum Gasteiger partial charge on any atom is 0.332 e. The normalized spacial score (nSPS) is 13.9. The summed E-state index contributed by atoms with van der Waals surface area (Å²) < 4.78 is 13.6. The molecule has 0 N–H and O–H groups in total. The van der Waals surface area contributed by atoms with Crippen molar-refractivity contribution in [2.45, 2.75) is 45.2 Å². The lowest BCUT2D eigenvalue weighted by Crippen LogP contribution is -2.56. The van der Waals surface area contributed by atoms with E-state index in [1.54, 1.807) is 48.6 Å². The van der Waals surface area contributed by atoms with Gasteiger partial charge >= 0.3 is 5.69 Å². The quantitative estimate of drug-likeness (QED) is 0.384. The summed E-state index contributed by atoms with van der Waals surface area (Å²) in [4.78, 5) is 47.3. The minimum Gasteiger partial charge on any atom is -0.496 e. The van der Waals surface area contributed by atoms with Crippen LogP contribution in [-0.2, 0) is 23.3 Å². The van der Waals surface area contributed by atoms with Crippen LogP contribution in [0.3, 0.4) is 0 Å². The molecular formula is C28H30N4O5. The van der Waals surface area contributed by atoms with Crippen LogP contribution in [0.15, 0.2) is 68.9 Å². The standard InChI is InChI=1S/C28H30N4O5/c1-28(2,26(34)30-14-6-7-15-30)32-25(33)21-18-20(24-29-13-17-37-24)10-11-22(21)31(27(32)35)16-12-19-8-4-5-9-23(19)36-3/h4-5,8-11,13,17-18H,6-7,12,14-16H2,1-3H3. The molecule has 192 valence electrons. The van der Waals surface area contributed by atoms with Crippen LogP contribution in [0.1, 0.15) is 32.3 Å². The molecule has 2 aromatic carbocycles. The first-order valence-electron chi connectivity index (χ1n) is 12.4. The Hall–Kier alpha value is -4.14. The predicted molar refractivity (Wildman–Crippen MR) is 140 cm³/mol. The average molecular weight is 503 g/mol. The molecule has 0 saturated carbocycles. The van der Waals surface area contributed by atoms with Gasteiger partial charge < -0.3 is 14.1 Å². The van der Waals surface area contributed by atoms with E-state index in [-0.39, 0.29) is 5.91 Å². The number of para-hydroxylation sites is 1. The first-order valence-corrected chi connectivity index (χ1v) is 12.4. The first-order chi connectivity index (χ1) is 17.8. The van der Waals surface area contributed by atoms with Gasteiger partial charge in [0.2, 0.25) is 11.8 Å². The Morgan fingerprint density at radius 2 is 1.86 bits per heavy atom. The Kier molecular flexibility index (Phi) is 6.45. The second-order valence-corrected chi connectivity index (χ2v) is 9.76. The van der Waals surface area contributed by atoms with Crippen LogP contribution < -0.4 is 16.0 Å². The van der Waals surface area contributed by atoms with E-state index in [4.69, 9.17) is 9.15 Å².